The molecule has 1 atom stereocenters. The van der Waals surface area contributed by atoms with Crippen LogP contribution in [0.1, 0.15) is 90.8 Å². The Morgan fingerprint density at radius 3 is 2.22 bits per heavy atom. The van der Waals surface area contributed by atoms with Crippen LogP contribution in [0.3, 0.4) is 0 Å². The fourth-order valence-corrected chi connectivity index (χ4v) is 4.05. The molecule has 0 aliphatic rings. The summed E-state index contributed by atoms with van der Waals surface area (Å²) in [5, 5.41) is 7.53. The van der Waals surface area contributed by atoms with Gasteiger partial charge < -0.3 is 4.74 Å². The molecule has 0 saturated heterocycles. The second kappa shape index (κ2) is 9.62. The van der Waals surface area contributed by atoms with E-state index in [1.165, 1.54) is 11.1 Å². The second-order valence-electron chi connectivity index (χ2n) is 9.76. The van der Waals surface area contributed by atoms with Gasteiger partial charge in [0.1, 0.15) is 5.75 Å². The van der Waals surface area contributed by atoms with E-state index in [0.29, 0.717) is 4.77 Å². The summed E-state index contributed by atoms with van der Waals surface area (Å²) >= 11 is 5.55. The van der Waals surface area contributed by atoms with E-state index in [0.717, 1.165) is 36.5 Å². The van der Waals surface area contributed by atoms with Crippen LogP contribution in [0.5, 0.6) is 5.75 Å². The Hall–Kier alpha value is -2.40. The van der Waals surface area contributed by atoms with E-state index in [2.05, 4.69) is 76.9 Å². The molecule has 0 fully saturated rings. The number of nitrogens with one attached hydrogen (secondary N) is 1. The largest absolute Gasteiger partial charge is 0.482 e. The minimum atomic E-state index is -0.223. The van der Waals surface area contributed by atoms with Gasteiger partial charge in [-0.3, -0.25) is 9.67 Å². The van der Waals surface area contributed by atoms with Crippen molar-refractivity contribution in [3.8, 4) is 11.4 Å². The number of rotatable bonds is 9. The van der Waals surface area contributed by atoms with Crippen LogP contribution in [0.4, 0.5) is 0 Å². The third-order valence-electron chi connectivity index (χ3n) is 6.90. The molecule has 1 N–H and O–H groups in total. The van der Waals surface area contributed by atoms with E-state index in [1.807, 2.05) is 34.9 Å². The summed E-state index contributed by atoms with van der Waals surface area (Å²) in [5.74, 6) is 1.72. The van der Waals surface area contributed by atoms with Crippen LogP contribution >= 0.6 is 12.2 Å². The van der Waals surface area contributed by atoms with Crippen LogP contribution in [0.25, 0.3) is 5.69 Å². The highest BCUT2D eigenvalue weighted by atomic mass is 32.1. The van der Waals surface area contributed by atoms with Crippen molar-refractivity contribution in [2.45, 2.75) is 84.7 Å². The molecule has 0 amide bonds. The molecule has 1 aromatic heterocycles. The highest BCUT2D eigenvalue weighted by Crippen LogP contribution is 2.40. The maximum Gasteiger partial charge on any atom is 0.199 e. The lowest BCUT2D eigenvalue weighted by atomic mass is 9.76. The van der Waals surface area contributed by atoms with Gasteiger partial charge in [-0.1, -0.05) is 78.8 Å². The maximum absolute atomic E-state index is 6.70. The summed E-state index contributed by atoms with van der Waals surface area (Å²) in [7, 11) is 0. The predicted octanol–water partition coefficient (Wildman–Crippen LogP) is 7.84. The summed E-state index contributed by atoms with van der Waals surface area (Å²) in [6.07, 6.45) is 2.67. The first-order valence-electron chi connectivity index (χ1n) is 11.7. The van der Waals surface area contributed by atoms with Crippen molar-refractivity contribution in [2.24, 2.45) is 0 Å². The highest BCUT2D eigenvalue weighted by molar-refractivity contribution is 7.71. The first-order valence-corrected chi connectivity index (χ1v) is 12.1. The number of hydrogen-bond acceptors (Lipinski definition) is 3. The van der Waals surface area contributed by atoms with Crippen molar-refractivity contribution >= 4 is 12.2 Å². The third kappa shape index (κ3) is 4.83. The summed E-state index contributed by atoms with van der Waals surface area (Å²) in [5.41, 5.74) is 3.70. The molecule has 3 rings (SSSR count). The van der Waals surface area contributed by atoms with E-state index in [1.54, 1.807) is 0 Å². The number of aromatic amines is 1. The van der Waals surface area contributed by atoms with Crippen molar-refractivity contribution in [2.75, 3.05) is 0 Å². The highest BCUT2D eigenvalue weighted by Gasteiger charge is 2.29. The van der Waals surface area contributed by atoms with Gasteiger partial charge in [-0.15, -0.1) is 0 Å². The minimum Gasteiger partial charge on any atom is -0.482 e. The van der Waals surface area contributed by atoms with Crippen LogP contribution in [0.2, 0.25) is 0 Å². The first-order chi connectivity index (χ1) is 15.1. The zero-order valence-corrected chi connectivity index (χ0v) is 21.3. The number of nitrogens with zero attached hydrogens (tertiary/aromatic N) is 2. The van der Waals surface area contributed by atoms with Crippen LogP contribution in [-0.2, 0) is 10.8 Å². The summed E-state index contributed by atoms with van der Waals surface area (Å²) in [6, 6.07) is 16.8. The number of benzene rings is 2. The Bertz CT molecular complexity index is 1100. The average molecular weight is 452 g/mol. The van der Waals surface area contributed by atoms with E-state index in [-0.39, 0.29) is 16.9 Å². The summed E-state index contributed by atoms with van der Waals surface area (Å²) < 4.78 is 9.24. The Morgan fingerprint density at radius 2 is 1.62 bits per heavy atom. The van der Waals surface area contributed by atoms with Gasteiger partial charge in [0, 0.05) is 11.3 Å². The Balaban J connectivity index is 2.07. The van der Waals surface area contributed by atoms with Crippen LogP contribution < -0.4 is 4.74 Å². The van der Waals surface area contributed by atoms with Crippen molar-refractivity contribution in [1.82, 2.24) is 14.8 Å². The molecule has 2 aromatic carbocycles. The lowest BCUT2D eigenvalue weighted by Gasteiger charge is -2.31. The summed E-state index contributed by atoms with van der Waals surface area (Å²) in [6.45, 7) is 15.8. The SMILES string of the molecule is CCC(Oc1ccc(C(C)(C)CC)cc1C(C)(C)CC)c1n[nH]c(=S)n1-c1ccccc1. The predicted molar refractivity (Wildman–Crippen MR) is 135 cm³/mol. The van der Waals surface area contributed by atoms with Crippen molar-refractivity contribution in [1.29, 1.82) is 0 Å². The number of hydrogen-bond donors (Lipinski definition) is 1. The zero-order valence-electron chi connectivity index (χ0n) is 20.5. The molecule has 0 saturated carbocycles. The molecule has 32 heavy (non-hydrogen) atoms. The standard InChI is InChI=1S/C27H37N3OS/c1-8-22(24-28-29-25(32)30(24)20-14-12-11-13-15-20)31-23-17-16-19(26(4,5)9-2)18-21(23)27(6,7)10-3/h11-18,22H,8-10H2,1-7H3,(H,29,32). The molecule has 1 unspecified atom stereocenters. The van der Waals surface area contributed by atoms with Gasteiger partial charge in [-0.25, -0.2) is 0 Å². The minimum absolute atomic E-state index is 0.00237. The van der Waals surface area contributed by atoms with Gasteiger partial charge in [-0.2, -0.15) is 5.10 Å². The van der Waals surface area contributed by atoms with Gasteiger partial charge in [-0.05, 0) is 66.1 Å². The summed E-state index contributed by atoms with van der Waals surface area (Å²) in [4.78, 5) is 0. The number of aromatic nitrogens is 3. The number of para-hydroxylation sites is 1. The molecule has 5 heteroatoms. The van der Waals surface area contributed by atoms with Crippen molar-refractivity contribution in [3.05, 3.63) is 70.3 Å². The van der Waals surface area contributed by atoms with Gasteiger partial charge in [0.15, 0.2) is 16.7 Å². The topological polar surface area (TPSA) is 42.8 Å². The van der Waals surface area contributed by atoms with E-state index >= 15 is 0 Å². The zero-order chi connectivity index (χ0) is 23.5. The van der Waals surface area contributed by atoms with Gasteiger partial charge in [0.2, 0.25) is 0 Å². The fraction of sp³-hybridized carbons (Fsp3) is 0.481. The molecule has 4 nitrogen and oxygen atoms in total. The second-order valence-corrected chi connectivity index (χ2v) is 10.1. The molecule has 3 aromatic rings. The van der Waals surface area contributed by atoms with Crippen molar-refractivity contribution < 1.29 is 4.74 Å². The Kier molecular flexibility index (Phi) is 7.29. The third-order valence-corrected chi connectivity index (χ3v) is 7.17. The quantitative estimate of drug-likeness (QED) is 0.337. The molecular formula is C27H37N3OS. The molecule has 0 aliphatic carbocycles. The van der Waals surface area contributed by atoms with E-state index < -0.39 is 0 Å². The van der Waals surface area contributed by atoms with Gasteiger partial charge in [0.05, 0.1) is 0 Å². The molecule has 1 heterocycles. The molecule has 0 bridgehead atoms. The molecule has 0 aliphatic heterocycles. The smallest absolute Gasteiger partial charge is 0.199 e. The van der Waals surface area contributed by atoms with Crippen LogP contribution in [-0.4, -0.2) is 14.8 Å². The Morgan fingerprint density at radius 1 is 0.969 bits per heavy atom. The van der Waals surface area contributed by atoms with E-state index in [9.17, 15) is 0 Å². The molecule has 172 valence electrons. The molecular weight excluding hydrogens is 414 g/mol. The maximum atomic E-state index is 6.70. The fourth-order valence-electron chi connectivity index (χ4n) is 3.80. The van der Waals surface area contributed by atoms with Crippen LogP contribution in [0.15, 0.2) is 48.5 Å². The van der Waals surface area contributed by atoms with Gasteiger partial charge >= 0.3 is 0 Å². The molecule has 0 spiro atoms. The lowest BCUT2D eigenvalue weighted by molar-refractivity contribution is 0.184. The lowest BCUT2D eigenvalue weighted by Crippen LogP contribution is -2.22. The Labute approximate surface area is 198 Å². The number of ether oxygens (including phenoxy) is 1. The van der Waals surface area contributed by atoms with Gasteiger partial charge in [0.25, 0.3) is 0 Å². The first kappa shape index (κ1) is 24.2. The number of H-pyrrole nitrogens is 1. The van der Waals surface area contributed by atoms with Crippen molar-refractivity contribution in [3.63, 3.8) is 0 Å². The van der Waals surface area contributed by atoms with E-state index in [4.69, 9.17) is 17.0 Å². The van der Waals surface area contributed by atoms with Crippen LogP contribution in [0, 0.1) is 4.77 Å². The normalized spacial score (nSPS) is 13.2. The monoisotopic (exact) mass is 451 g/mol. The average Bonchev–Trinajstić information content (AvgIpc) is 3.19. The molecule has 0 radical (unpaired) electrons.